The van der Waals surface area contributed by atoms with Gasteiger partial charge in [0.1, 0.15) is 11.9 Å². The Morgan fingerprint density at radius 1 is 1.03 bits per heavy atom. The van der Waals surface area contributed by atoms with Crippen molar-refractivity contribution in [1.29, 1.82) is 0 Å². The highest BCUT2D eigenvalue weighted by atomic mass is 16.6. The molecule has 0 bridgehead atoms. The highest BCUT2D eigenvalue weighted by Gasteiger charge is 2.50. The van der Waals surface area contributed by atoms with Gasteiger partial charge in [0.05, 0.1) is 12.1 Å². The van der Waals surface area contributed by atoms with Gasteiger partial charge in [-0.1, -0.05) is 60.7 Å². The maximum Gasteiger partial charge on any atom is 0.411 e. The van der Waals surface area contributed by atoms with Crippen LogP contribution < -0.4 is 0 Å². The maximum absolute atomic E-state index is 13.7. The number of aromatic hydroxyl groups is 1. The molecule has 3 aromatic carbocycles. The van der Waals surface area contributed by atoms with Gasteiger partial charge in [-0.25, -0.2) is 4.79 Å². The zero-order valence-corrected chi connectivity index (χ0v) is 18.7. The number of hydrogen-bond donors (Lipinski definition) is 1. The van der Waals surface area contributed by atoms with Gasteiger partial charge in [-0.15, -0.1) is 0 Å². The van der Waals surface area contributed by atoms with Crippen molar-refractivity contribution in [2.24, 2.45) is 0 Å². The number of carbonyl (C=O) groups excluding carboxylic acids is 1. The van der Waals surface area contributed by atoms with Gasteiger partial charge in [-0.2, -0.15) is 0 Å². The van der Waals surface area contributed by atoms with Crippen LogP contribution in [0.3, 0.4) is 0 Å². The normalized spacial score (nSPS) is 23.7. The van der Waals surface area contributed by atoms with E-state index in [2.05, 4.69) is 19.1 Å². The molecule has 2 aliphatic heterocycles. The fourth-order valence-corrected chi connectivity index (χ4v) is 5.94. The number of rotatable bonds is 2. The van der Waals surface area contributed by atoms with Crippen molar-refractivity contribution in [3.05, 3.63) is 89.0 Å². The van der Waals surface area contributed by atoms with E-state index in [0.29, 0.717) is 13.2 Å². The van der Waals surface area contributed by atoms with Crippen molar-refractivity contribution in [1.82, 2.24) is 4.90 Å². The van der Waals surface area contributed by atoms with Gasteiger partial charge in [0.25, 0.3) is 0 Å². The van der Waals surface area contributed by atoms with Crippen molar-refractivity contribution in [2.45, 2.75) is 43.9 Å². The van der Waals surface area contributed by atoms with Crippen LogP contribution in [0.1, 0.15) is 54.2 Å². The highest BCUT2D eigenvalue weighted by molar-refractivity contribution is 5.80. The summed E-state index contributed by atoms with van der Waals surface area (Å²) in [5.41, 5.74) is 5.57. The zero-order chi connectivity index (χ0) is 22.6. The van der Waals surface area contributed by atoms with Gasteiger partial charge in [-0.3, -0.25) is 4.90 Å². The minimum Gasteiger partial charge on any atom is -0.508 e. The number of phenols is 1. The molecular weight excluding hydrogens is 414 g/mol. The second-order valence-corrected chi connectivity index (χ2v) is 9.40. The van der Waals surface area contributed by atoms with Crippen molar-refractivity contribution in [2.75, 3.05) is 13.2 Å². The summed E-state index contributed by atoms with van der Waals surface area (Å²) >= 11 is 0. The van der Waals surface area contributed by atoms with E-state index in [9.17, 15) is 9.90 Å². The molecule has 0 aromatic heterocycles. The fourth-order valence-electron chi connectivity index (χ4n) is 5.94. The molecule has 5 heteroatoms. The topological polar surface area (TPSA) is 59.0 Å². The Morgan fingerprint density at radius 3 is 2.45 bits per heavy atom. The number of carbonyl (C=O) groups is 1. The Balaban J connectivity index is 1.33. The minimum absolute atomic E-state index is 0.234. The summed E-state index contributed by atoms with van der Waals surface area (Å²) in [6, 6.07) is 21.9. The van der Waals surface area contributed by atoms with Crippen molar-refractivity contribution >= 4 is 6.09 Å². The van der Waals surface area contributed by atoms with Gasteiger partial charge in [0.2, 0.25) is 0 Å². The first-order valence-electron chi connectivity index (χ1n) is 11.7. The lowest BCUT2D eigenvalue weighted by Gasteiger charge is -2.43. The summed E-state index contributed by atoms with van der Waals surface area (Å²) in [4.78, 5) is 15.5. The van der Waals surface area contributed by atoms with E-state index >= 15 is 0 Å². The smallest absolute Gasteiger partial charge is 0.411 e. The molecule has 1 saturated heterocycles. The van der Waals surface area contributed by atoms with E-state index in [1.165, 1.54) is 0 Å². The first-order valence-corrected chi connectivity index (χ1v) is 11.7. The van der Waals surface area contributed by atoms with E-state index < -0.39 is 11.6 Å². The van der Waals surface area contributed by atoms with Crippen LogP contribution >= 0.6 is 0 Å². The number of hydrogen-bond acceptors (Lipinski definition) is 4. The average molecular weight is 442 g/mol. The van der Waals surface area contributed by atoms with Crippen LogP contribution in [-0.2, 0) is 15.9 Å². The van der Waals surface area contributed by atoms with Gasteiger partial charge in [0.15, 0.2) is 6.10 Å². The summed E-state index contributed by atoms with van der Waals surface area (Å²) < 4.78 is 12.4. The molecule has 1 N–H and O–H groups in total. The van der Waals surface area contributed by atoms with Crippen molar-refractivity contribution < 1.29 is 19.4 Å². The molecule has 1 unspecified atom stereocenters. The van der Waals surface area contributed by atoms with Gasteiger partial charge >= 0.3 is 6.09 Å². The largest absolute Gasteiger partial charge is 0.508 e. The number of fused-ring (bicyclic) bond motifs is 4. The standard InChI is InChI=1S/C28H27NO4/c1-28(26-24-18(14-17-32-26)8-6-13-23(24)30)15-7-16-29(28)27(31)33-25-21-11-4-2-9-19(21)20-10-3-5-12-22(20)25/h2-6,8-13,25-26,30H,7,14-17H2,1H3/t26-,28?/m0/s1. The molecule has 5 nitrogen and oxygen atoms in total. The summed E-state index contributed by atoms with van der Waals surface area (Å²) in [6.07, 6.45) is 1.27. The van der Waals surface area contributed by atoms with Crippen LogP contribution in [0.15, 0.2) is 66.7 Å². The molecule has 2 heterocycles. The predicted octanol–water partition coefficient (Wildman–Crippen LogP) is 5.77. The van der Waals surface area contributed by atoms with Crippen molar-refractivity contribution in [3.63, 3.8) is 0 Å². The molecule has 1 amide bonds. The van der Waals surface area contributed by atoms with Crippen LogP contribution in [0, 0.1) is 0 Å². The maximum atomic E-state index is 13.7. The molecule has 3 aromatic rings. The third-order valence-corrected chi connectivity index (χ3v) is 7.55. The van der Waals surface area contributed by atoms with Crippen LogP contribution in [0.4, 0.5) is 4.79 Å². The predicted molar refractivity (Wildman–Crippen MR) is 125 cm³/mol. The molecule has 0 radical (unpaired) electrons. The lowest BCUT2D eigenvalue weighted by molar-refractivity contribution is -0.0590. The monoisotopic (exact) mass is 441 g/mol. The van der Waals surface area contributed by atoms with E-state index in [0.717, 1.165) is 52.6 Å². The Labute approximate surface area is 193 Å². The number of benzene rings is 3. The molecule has 168 valence electrons. The molecule has 2 atom stereocenters. The molecule has 1 aliphatic carbocycles. The average Bonchev–Trinajstić information content (AvgIpc) is 3.38. The first kappa shape index (κ1) is 20.3. The molecule has 33 heavy (non-hydrogen) atoms. The van der Waals surface area contributed by atoms with Crippen molar-refractivity contribution in [3.8, 4) is 16.9 Å². The minimum atomic E-state index is -0.595. The SMILES string of the molecule is CC1([C@H]2OCCc3cccc(O)c32)CCCN1C(=O)OC1c2ccccc2-c2ccccc21. The molecular formula is C28H27NO4. The van der Waals surface area contributed by atoms with Crippen LogP contribution in [0.5, 0.6) is 5.75 Å². The fraction of sp³-hybridized carbons (Fsp3) is 0.321. The van der Waals surface area contributed by atoms with Crippen LogP contribution in [-0.4, -0.2) is 34.8 Å². The molecule has 6 rings (SSSR count). The second-order valence-electron chi connectivity index (χ2n) is 9.40. The lowest BCUT2D eigenvalue weighted by Crippen LogP contribution is -2.51. The number of phenolic OH excluding ortho intramolecular Hbond substituents is 1. The lowest BCUT2D eigenvalue weighted by atomic mass is 9.82. The number of ether oxygens (including phenoxy) is 2. The Kier molecular flexibility index (Phi) is 4.70. The number of likely N-dealkylation sites (tertiary alicyclic amines) is 1. The van der Waals surface area contributed by atoms with E-state index in [1.807, 2.05) is 53.4 Å². The van der Waals surface area contributed by atoms with E-state index in [4.69, 9.17) is 9.47 Å². The third kappa shape index (κ3) is 3.06. The summed E-state index contributed by atoms with van der Waals surface area (Å²) in [5.74, 6) is 0.234. The molecule has 0 saturated carbocycles. The van der Waals surface area contributed by atoms with E-state index in [-0.39, 0.29) is 17.9 Å². The summed E-state index contributed by atoms with van der Waals surface area (Å²) in [5, 5.41) is 10.7. The Bertz CT molecular complexity index is 1190. The van der Waals surface area contributed by atoms with E-state index in [1.54, 1.807) is 6.07 Å². The third-order valence-electron chi connectivity index (χ3n) is 7.55. The van der Waals surface area contributed by atoms with Crippen LogP contribution in [0.2, 0.25) is 0 Å². The van der Waals surface area contributed by atoms with Gasteiger partial charge < -0.3 is 14.6 Å². The second kappa shape index (κ2) is 7.63. The quantitative estimate of drug-likeness (QED) is 0.549. The zero-order valence-electron chi connectivity index (χ0n) is 18.7. The summed E-state index contributed by atoms with van der Waals surface area (Å²) in [6.45, 7) is 3.24. The molecule has 1 fully saturated rings. The van der Waals surface area contributed by atoms with Gasteiger partial charge in [0, 0.05) is 23.2 Å². The summed E-state index contributed by atoms with van der Waals surface area (Å²) in [7, 11) is 0. The highest BCUT2D eigenvalue weighted by Crippen LogP contribution is 2.49. The molecule has 3 aliphatic rings. The Hall–Kier alpha value is -3.31. The molecule has 0 spiro atoms. The van der Waals surface area contributed by atoms with Gasteiger partial charge in [-0.05, 0) is 48.9 Å². The number of amides is 1. The Morgan fingerprint density at radius 2 is 1.73 bits per heavy atom. The number of nitrogens with zero attached hydrogens (tertiary/aromatic N) is 1. The first-order chi connectivity index (χ1) is 16.1. The van der Waals surface area contributed by atoms with Crippen LogP contribution in [0.25, 0.3) is 11.1 Å².